The van der Waals surface area contributed by atoms with Gasteiger partial charge in [-0.3, -0.25) is 29.1 Å². The molecule has 0 aliphatic carbocycles. The first-order valence-electron chi connectivity index (χ1n) is 27.3. The van der Waals surface area contributed by atoms with Crippen molar-refractivity contribution in [2.24, 2.45) is 5.73 Å². The van der Waals surface area contributed by atoms with Crippen LogP contribution in [0.15, 0.2) is 78.9 Å². The van der Waals surface area contributed by atoms with Crippen LogP contribution in [0.3, 0.4) is 0 Å². The van der Waals surface area contributed by atoms with Crippen LogP contribution in [-0.2, 0) is 50.6 Å². The Morgan fingerprint density at radius 1 is 0.967 bits per heavy atom. The number of ether oxygens (including phenoxy) is 5. The fourth-order valence-corrected chi connectivity index (χ4v) is 9.14. The number of carbonyl (C=O) groups is 5. The number of carboxylic acid groups (broad SMARTS) is 1. The minimum absolute atomic E-state index is 0.0223. The lowest BCUT2D eigenvalue weighted by Crippen LogP contribution is -2.47. The zero-order chi connectivity index (χ0) is 68.2. The molecule has 0 bridgehead atoms. The van der Waals surface area contributed by atoms with Crippen LogP contribution in [0.5, 0.6) is 17.2 Å². The molecule has 0 saturated heterocycles. The van der Waals surface area contributed by atoms with E-state index in [2.05, 4.69) is 43.3 Å². The molecular weight excluding hydrogens is 1320 g/mol. The summed E-state index contributed by atoms with van der Waals surface area (Å²) in [6, 6.07) is 17.9. The summed E-state index contributed by atoms with van der Waals surface area (Å²) in [6.45, 7) is 17.6. The number of aromatic nitrogens is 3. The van der Waals surface area contributed by atoms with Gasteiger partial charge in [0.25, 0.3) is 11.6 Å². The van der Waals surface area contributed by atoms with Crippen molar-refractivity contribution in [2.45, 2.75) is 103 Å². The van der Waals surface area contributed by atoms with E-state index in [1.807, 2.05) is 77.9 Å². The first-order valence-corrected chi connectivity index (χ1v) is 31.7. The summed E-state index contributed by atoms with van der Waals surface area (Å²) in [4.78, 5) is 91.0. The molecule has 5 aromatic rings. The van der Waals surface area contributed by atoms with Crippen molar-refractivity contribution >= 4 is 124 Å². The number of aryl methyl sites for hydroxylation is 2. The smallest absolute Gasteiger partial charge is 0.416 e. The zero-order valence-corrected chi connectivity index (χ0v) is 55.4. The second-order valence-electron chi connectivity index (χ2n) is 19.4. The molecule has 1 aliphatic heterocycles. The summed E-state index contributed by atoms with van der Waals surface area (Å²) in [6.07, 6.45) is -3.73. The minimum atomic E-state index is -4.61. The molecule has 24 nitrogen and oxygen atoms in total. The Kier molecular flexibility index (Phi) is 34.2. The summed E-state index contributed by atoms with van der Waals surface area (Å²) in [5.41, 5.74) is 6.86. The van der Waals surface area contributed by atoms with Crippen LogP contribution >= 0.6 is 65.4 Å². The van der Waals surface area contributed by atoms with Gasteiger partial charge in [-0.2, -0.15) is 28.1 Å². The van der Waals surface area contributed by atoms with Crippen LogP contribution in [0.2, 0.25) is 10.3 Å². The number of methoxy groups -OCH3 is 1. The topological polar surface area (TPSA) is 327 Å². The lowest BCUT2D eigenvalue weighted by Gasteiger charge is -2.35. The third-order valence-electron chi connectivity index (χ3n) is 11.7. The van der Waals surface area contributed by atoms with Crippen LogP contribution in [0, 0.1) is 17.0 Å². The van der Waals surface area contributed by atoms with E-state index < -0.39 is 70.7 Å². The van der Waals surface area contributed by atoms with E-state index >= 15 is 0 Å². The van der Waals surface area contributed by atoms with Crippen molar-refractivity contribution < 1.29 is 80.3 Å². The summed E-state index contributed by atoms with van der Waals surface area (Å²) >= 11 is 28.5. The van der Waals surface area contributed by atoms with Crippen molar-refractivity contribution in [1.82, 2.24) is 15.0 Å². The van der Waals surface area contributed by atoms with Crippen LogP contribution in [0.1, 0.15) is 81.9 Å². The van der Waals surface area contributed by atoms with Crippen molar-refractivity contribution in [3.8, 4) is 17.2 Å². The predicted octanol–water partition coefficient (Wildman–Crippen LogP) is 12.0. The van der Waals surface area contributed by atoms with Gasteiger partial charge in [0.1, 0.15) is 41.3 Å². The number of hydrogen-bond acceptors (Lipinski definition) is 19. The molecule has 0 radical (unpaired) electrons. The molecule has 90 heavy (non-hydrogen) atoms. The number of carbonyl (C=O) groups excluding carboxylic acids is 4. The second kappa shape index (κ2) is 38.8. The van der Waals surface area contributed by atoms with E-state index in [0.717, 1.165) is 65.8 Å². The number of rotatable bonds is 22. The molecule has 0 fully saturated rings. The maximum Gasteiger partial charge on any atom is 0.416 e. The largest absolute Gasteiger partial charge is 0.489 e. The molecule has 1 aromatic heterocycles. The van der Waals surface area contributed by atoms with Gasteiger partial charge in [-0.25, -0.2) is 9.59 Å². The maximum atomic E-state index is 12.7. The second-order valence-corrected chi connectivity index (χ2v) is 24.1. The third-order valence-corrected chi connectivity index (χ3v) is 13.8. The number of nitro groups is 1. The molecule has 2 amide bonds. The van der Waals surface area contributed by atoms with Crippen LogP contribution < -0.4 is 35.6 Å². The fourth-order valence-electron chi connectivity index (χ4n) is 7.67. The average molecular weight is 1390 g/mol. The van der Waals surface area contributed by atoms with E-state index in [-0.39, 0.29) is 76.8 Å². The van der Waals surface area contributed by atoms with Gasteiger partial charge in [0.2, 0.25) is 23.1 Å². The molecule has 4 atom stereocenters. The molecule has 1 aliphatic rings. The summed E-state index contributed by atoms with van der Waals surface area (Å²) in [5, 5.41) is 25.3. The molecule has 6 rings (SSSR count). The number of para-hydroxylation sites is 3. The molecule has 33 heteroatoms. The zero-order valence-electron chi connectivity index (χ0n) is 50.7. The van der Waals surface area contributed by atoms with E-state index in [9.17, 15) is 51.8 Å². The van der Waals surface area contributed by atoms with Gasteiger partial charge in [-0.15, -0.1) is 11.6 Å². The highest BCUT2D eigenvalue weighted by atomic mass is 35.5. The molecule has 0 saturated carbocycles. The first kappa shape index (κ1) is 79.3. The summed E-state index contributed by atoms with van der Waals surface area (Å²) < 4.78 is 74.1. The normalized spacial score (nSPS) is 13.6. The quantitative estimate of drug-likeness (QED) is 0.0141. The number of esters is 2. The minimum Gasteiger partial charge on any atom is -0.489 e. The van der Waals surface area contributed by atoms with Gasteiger partial charge in [0.15, 0.2) is 18.8 Å². The maximum absolute atomic E-state index is 12.7. The average Bonchev–Trinajstić information content (AvgIpc) is 1.05. The lowest BCUT2D eigenvalue weighted by molar-refractivity contribution is -0.385. The number of alkyl halides is 6. The number of carboxylic acids is 1. The molecule has 496 valence electrons. The Hall–Kier alpha value is -6.81. The molecule has 2 heterocycles. The van der Waals surface area contributed by atoms with Gasteiger partial charge < -0.3 is 59.9 Å². The number of hydrogen-bond donors (Lipinski definition) is 5. The Bertz CT molecular complexity index is 3250. The molecule has 6 N–H and O–H groups in total. The number of aliphatic carboxylic acids is 1. The van der Waals surface area contributed by atoms with Gasteiger partial charge in [0.05, 0.1) is 52.2 Å². The number of halogens is 8. The fraction of sp³-hybridized carbons (Fsp3) is 0.439. The summed E-state index contributed by atoms with van der Waals surface area (Å²) in [5.74, 6) is -2.24. The Labute approximate surface area is 543 Å². The number of nitrogens with one attached hydrogen (secondary N) is 2. The number of benzene rings is 4. The number of nitrogens with zero attached hydrogens (tertiary/aromatic N) is 6. The SMILES string of the molecule is CC1COc2ccccc2N1C(=O)C(Cl)Cl.CCNc1nc(Cl)nc(NC(C)C)n1.CCOC(=O)COC(=O)c1cc(Oc2ccc(C(F)(F)F)cc2Cl)ccc1[N+](=O)[O-].CCc1cccc(C)c1N(C(=O)CCl)C(C)COC.CP(=O)(O)CCC(N)C(=O)O. The monoisotopic (exact) mass is 1390 g/mol. The van der Waals surface area contributed by atoms with E-state index in [0.29, 0.717) is 36.9 Å². The highest BCUT2D eigenvalue weighted by Crippen LogP contribution is 2.39. The molecule has 0 spiro atoms. The van der Waals surface area contributed by atoms with Gasteiger partial charge >= 0.3 is 24.1 Å². The molecular formula is C57H72Cl5F3N9O15P. The number of anilines is 4. The number of nitro benzene ring substituents is 1. The van der Waals surface area contributed by atoms with E-state index in [4.69, 9.17) is 92.7 Å². The number of nitrogens with two attached hydrogens (primary N) is 1. The summed E-state index contributed by atoms with van der Waals surface area (Å²) in [7, 11) is -1.47. The van der Waals surface area contributed by atoms with Crippen LogP contribution in [-0.4, -0.2) is 147 Å². The van der Waals surface area contributed by atoms with E-state index in [1.165, 1.54) is 13.6 Å². The van der Waals surface area contributed by atoms with Crippen LogP contribution in [0.4, 0.5) is 42.1 Å². The third kappa shape index (κ3) is 26.9. The molecule has 4 aromatic carbocycles. The lowest BCUT2D eigenvalue weighted by atomic mass is 10.0. The van der Waals surface area contributed by atoms with Crippen molar-refractivity contribution in [1.29, 1.82) is 0 Å². The Morgan fingerprint density at radius 3 is 2.17 bits per heavy atom. The number of fused-ring (bicyclic) bond motifs is 1. The van der Waals surface area contributed by atoms with Crippen molar-refractivity contribution in [3.63, 3.8) is 0 Å². The first-order chi connectivity index (χ1) is 42.1. The van der Waals surface area contributed by atoms with Gasteiger partial charge in [0, 0.05) is 44.7 Å². The Morgan fingerprint density at radius 2 is 1.62 bits per heavy atom. The van der Waals surface area contributed by atoms with Crippen LogP contribution in [0.25, 0.3) is 0 Å². The highest BCUT2D eigenvalue weighted by Gasteiger charge is 2.33. The van der Waals surface area contributed by atoms with Crippen molar-refractivity contribution in [2.75, 3.05) is 79.2 Å². The Balaban J connectivity index is 0.000000402. The number of amides is 2. The molecule has 4 unspecified atom stereocenters. The van der Waals surface area contributed by atoms with E-state index in [1.54, 1.807) is 16.9 Å². The standard InChI is InChI=1S/C18H13ClF3NO7.C15H22ClNO2.C11H11Cl2NO2.C8H14ClN5.C5H12NO4P/c1-2-28-16(24)9-29-17(25)12-8-11(4-5-14(12)23(26)27)30-15-6-3-10(7-13(15)19)18(20,21)22;1-5-13-8-6-7-11(2)15(13)17(14(18)9-16)12(3)10-19-4;1-7-6-16-9-5-3-2-4-8(9)14(7)11(15)10(12)13;1-4-10-7-12-6(9)13-8(14-7)11-5(2)3;1-11(9,10)3-2-4(6)5(7)8/h3-8H,2,9H2,1H3;6-8,12H,5,9-10H2,1-4H3;2-5,7,10H,6H2,1H3;5H,4H2,1-3H3,(H2,10,11,12,13,14);4H,2-3,6H2,1H3,(H,7,8)(H,9,10). The van der Waals surface area contributed by atoms with Gasteiger partial charge in [-0.05, 0) is 120 Å². The van der Waals surface area contributed by atoms with Crippen molar-refractivity contribution in [3.05, 3.63) is 122 Å². The predicted molar refractivity (Wildman–Crippen MR) is 340 cm³/mol. The highest BCUT2D eigenvalue weighted by molar-refractivity contribution is 7.57. The van der Waals surface area contributed by atoms with Gasteiger partial charge in [-0.1, -0.05) is 72.1 Å².